The Kier molecular flexibility index (Phi) is 6.34. The van der Waals surface area contributed by atoms with Gasteiger partial charge in [0.15, 0.2) is 10.6 Å². The van der Waals surface area contributed by atoms with Crippen molar-refractivity contribution in [3.63, 3.8) is 0 Å². The molecule has 2 nitrogen and oxygen atoms in total. The summed E-state index contributed by atoms with van der Waals surface area (Å²) in [6, 6.07) is 0. The molecule has 0 aromatic rings. The smallest absolute Gasteiger partial charge is 0.259 e. The minimum Gasteiger partial charge on any atom is -0.300 e. The monoisotopic (exact) mass is 352 g/mol. The number of hydrogen-bond acceptors (Lipinski definition) is 2. The van der Waals surface area contributed by atoms with Crippen LogP contribution in [0.2, 0.25) is 0 Å². The van der Waals surface area contributed by atoms with E-state index in [9.17, 15) is 9.59 Å². The first kappa shape index (κ1) is 16.4. The molecule has 0 amide bonds. The van der Waals surface area contributed by atoms with Crippen molar-refractivity contribution in [2.45, 2.75) is 19.4 Å². The standard InChI is InChI=1S/C6H3Cl7O2/c7-2(5(10,11)1-14)3(8)6(12,13)4(9)15/h1-3H. The lowest BCUT2D eigenvalue weighted by Gasteiger charge is -2.29. The maximum atomic E-state index is 10.8. The van der Waals surface area contributed by atoms with Crippen LogP contribution in [0.1, 0.15) is 0 Å². The van der Waals surface area contributed by atoms with Gasteiger partial charge in [-0.3, -0.25) is 9.59 Å². The van der Waals surface area contributed by atoms with E-state index in [1.807, 2.05) is 0 Å². The summed E-state index contributed by atoms with van der Waals surface area (Å²) < 4.78 is -4.21. The van der Waals surface area contributed by atoms with Gasteiger partial charge in [0.1, 0.15) is 0 Å². The average molecular weight is 355 g/mol. The second kappa shape index (κ2) is 5.81. The molecule has 2 unspecified atom stereocenters. The lowest BCUT2D eigenvalue weighted by Crippen LogP contribution is -2.46. The van der Waals surface area contributed by atoms with Crippen molar-refractivity contribution in [2.75, 3.05) is 0 Å². The Morgan fingerprint density at radius 2 is 1.47 bits per heavy atom. The van der Waals surface area contributed by atoms with Crippen LogP contribution in [0.5, 0.6) is 0 Å². The number of alkyl halides is 6. The summed E-state index contributed by atoms with van der Waals surface area (Å²) in [6.45, 7) is 0. The lowest BCUT2D eigenvalue weighted by molar-refractivity contribution is -0.112. The van der Waals surface area contributed by atoms with Crippen molar-refractivity contribution in [1.82, 2.24) is 0 Å². The topological polar surface area (TPSA) is 34.1 Å². The van der Waals surface area contributed by atoms with E-state index in [2.05, 4.69) is 0 Å². The van der Waals surface area contributed by atoms with Crippen LogP contribution in [0.25, 0.3) is 0 Å². The summed E-state index contributed by atoms with van der Waals surface area (Å²) in [5.74, 6) is 0. The molecule has 0 aliphatic carbocycles. The fraction of sp³-hybridized carbons (Fsp3) is 0.667. The van der Waals surface area contributed by atoms with Crippen LogP contribution in [0.3, 0.4) is 0 Å². The lowest BCUT2D eigenvalue weighted by atomic mass is 10.1. The SMILES string of the molecule is O=CC(Cl)(Cl)C(Cl)C(Cl)C(Cl)(Cl)C(=O)Cl. The van der Waals surface area contributed by atoms with Crippen LogP contribution in [-0.2, 0) is 9.59 Å². The molecule has 0 N–H and O–H groups in total. The highest BCUT2D eigenvalue weighted by molar-refractivity contribution is 6.80. The first-order valence-electron chi connectivity index (χ1n) is 3.27. The summed E-state index contributed by atoms with van der Waals surface area (Å²) in [4.78, 5) is 21.3. The van der Waals surface area contributed by atoms with E-state index >= 15 is 0 Å². The second-order valence-corrected chi connectivity index (χ2v) is 6.61. The van der Waals surface area contributed by atoms with Gasteiger partial charge in [0.25, 0.3) is 5.24 Å². The fourth-order valence-corrected chi connectivity index (χ4v) is 2.03. The fourth-order valence-electron chi connectivity index (χ4n) is 0.552. The summed E-state index contributed by atoms with van der Waals surface area (Å²) >= 11 is 38.4. The molecule has 0 bridgehead atoms. The van der Waals surface area contributed by atoms with Crippen LogP contribution < -0.4 is 0 Å². The zero-order valence-electron chi connectivity index (χ0n) is 6.69. The largest absolute Gasteiger partial charge is 0.300 e. The molecule has 0 aromatic carbocycles. The van der Waals surface area contributed by atoms with Gasteiger partial charge in [0.05, 0.1) is 10.8 Å². The van der Waals surface area contributed by atoms with E-state index in [0.717, 1.165) is 0 Å². The van der Waals surface area contributed by atoms with E-state index in [1.54, 1.807) is 0 Å². The summed E-state index contributed by atoms with van der Waals surface area (Å²) in [7, 11) is 0. The molecule has 0 aromatic heterocycles. The zero-order valence-corrected chi connectivity index (χ0v) is 12.0. The Balaban J connectivity index is 4.94. The average Bonchev–Trinajstić information content (AvgIpc) is 2.15. The Labute approximate surface area is 121 Å². The normalized spacial score (nSPS) is 17.0. The molecule has 9 heteroatoms. The van der Waals surface area contributed by atoms with Gasteiger partial charge in [-0.15, -0.1) is 23.2 Å². The minimum absolute atomic E-state index is 0.145. The molecule has 2 atom stereocenters. The van der Waals surface area contributed by atoms with Crippen molar-refractivity contribution in [2.24, 2.45) is 0 Å². The van der Waals surface area contributed by atoms with Crippen LogP contribution in [0.4, 0.5) is 0 Å². The van der Waals surface area contributed by atoms with Gasteiger partial charge in [0.2, 0.25) is 4.33 Å². The summed E-state index contributed by atoms with van der Waals surface area (Å²) in [6.07, 6.45) is 0.145. The number of aldehydes is 1. The molecule has 0 rings (SSSR count). The number of halogens is 7. The molecule has 15 heavy (non-hydrogen) atoms. The molecule has 0 spiro atoms. The number of hydrogen-bond donors (Lipinski definition) is 0. The summed E-state index contributed by atoms with van der Waals surface area (Å²) in [5, 5.41) is -3.98. The first-order chi connectivity index (χ1) is 6.57. The quantitative estimate of drug-likeness (QED) is 0.430. The van der Waals surface area contributed by atoms with Gasteiger partial charge < -0.3 is 0 Å². The van der Waals surface area contributed by atoms with Crippen molar-refractivity contribution in [1.29, 1.82) is 0 Å². The highest BCUT2D eigenvalue weighted by Crippen LogP contribution is 2.41. The third kappa shape index (κ3) is 3.95. The van der Waals surface area contributed by atoms with Crippen molar-refractivity contribution in [3.05, 3.63) is 0 Å². The molecule has 0 saturated heterocycles. The van der Waals surface area contributed by atoms with Gasteiger partial charge in [0, 0.05) is 0 Å². The third-order valence-corrected chi connectivity index (χ3v) is 5.09. The molecular weight excluding hydrogens is 352 g/mol. The van der Waals surface area contributed by atoms with Gasteiger partial charge in [-0.25, -0.2) is 0 Å². The molecule has 0 aliphatic heterocycles. The highest BCUT2D eigenvalue weighted by Gasteiger charge is 2.50. The molecule has 0 saturated carbocycles. The molecule has 88 valence electrons. The van der Waals surface area contributed by atoms with Crippen molar-refractivity contribution >= 4 is 92.7 Å². The second-order valence-electron chi connectivity index (χ2n) is 2.49. The minimum atomic E-state index is -2.19. The van der Waals surface area contributed by atoms with Gasteiger partial charge in [-0.1, -0.05) is 46.4 Å². The zero-order chi connectivity index (χ0) is 12.4. The Hall–Kier alpha value is 1.37. The Morgan fingerprint density at radius 1 is 1.07 bits per heavy atom. The van der Waals surface area contributed by atoms with E-state index in [1.165, 1.54) is 0 Å². The summed E-state index contributed by atoms with van der Waals surface area (Å²) in [5.41, 5.74) is 0. The van der Waals surface area contributed by atoms with E-state index in [4.69, 9.17) is 81.2 Å². The van der Waals surface area contributed by atoms with Crippen LogP contribution in [0.15, 0.2) is 0 Å². The Bertz CT molecular complexity index is 264. The van der Waals surface area contributed by atoms with Gasteiger partial charge in [-0.2, -0.15) is 0 Å². The van der Waals surface area contributed by atoms with Crippen molar-refractivity contribution in [3.8, 4) is 0 Å². The van der Waals surface area contributed by atoms with Gasteiger partial charge in [-0.05, 0) is 11.6 Å². The third-order valence-electron chi connectivity index (χ3n) is 1.39. The molecule has 0 fully saturated rings. The number of carbonyl (C=O) groups is 2. The molecule has 0 aliphatic rings. The van der Waals surface area contributed by atoms with Crippen LogP contribution >= 0.6 is 81.2 Å². The molecule has 0 radical (unpaired) electrons. The Morgan fingerprint density at radius 3 is 1.73 bits per heavy atom. The number of rotatable bonds is 5. The van der Waals surface area contributed by atoms with E-state index < -0.39 is 24.7 Å². The highest BCUT2D eigenvalue weighted by atomic mass is 35.5. The predicted molar refractivity (Wildman–Crippen MR) is 65.1 cm³/mol. The van der Waals surface area contributed by atoms with E-state index in [0.29, 0.717) is 0 Å². The van der Waals surface area contributed by atoms with Crippen LogP contribution in [-0.4, -0.2) is 30.9 Å². The molecular formula is C6H3Cl7O2. The van der Waals surface area contributed by atoms with E-state index in [-0.39, 0.29) is 6.29 Å². The maximum Gasteiger partial charge on any atom is 0.259 e. The van der Waals surface area contributed by atoms with Crippen molar-refractivity contribution < 1.29 is 9.59 Å². The number of carbonyl (C=O) groups excluding carboxylic acids is 2. The van der Waals surface area contributed by atoms with Gasteiger partial charge >= 0.3 is 0 Å². The first-order valence-corrected chi connectivity index (χ1v) is 6.03. The maximum absolute atomic E-state index is 10.8. The molecule has 0 heterocycles. The van der Waals surface area contributed by atoms with Crippen LogP contribution in [0, 0.1) is 0 Å². The predicted octanol–water partition coefficient (Wildman–Crippen LogP) is 3.51.